The Labute approximate surface area is 127 Å². The molecule has 0 unspecified atom stereocenters. The van der Waals surface area contributed by atoms with Crippen LogP contribution in [0.5, 0.6) is 0 Å². The van der Waals surface area contributed by atoms with Gasteiger partial charge in [0.1, 0.15) is 5.15 Å². The van der Waals surface area contributed by atoms with Crippen LogP contribution in [-0.2, 0) is 12.8 Å². The molecule has 2 aromatic rings. The molecule has 100 valence electrons. The molecule has 0 saturated heterocycles. The molecule has 2 rings (SSSR count). The number of hydrogen-bond acceptors (Lipinski definition) is 2. The standard InChI is InChI=1S/C15H16BrClN2/c1-3-5-12-13(16)14(17)19-15(18-12)11-8-6-10(4-2)7-9-11/h6-9H,3-5H2,1-2H3. The molecule has 0 bridgehead atoms. The van der Waals surface area contributed by atoms with Crippen molar-refractivity contribution in [3.63, 3.8) is 0 Å². The first-order valence-corrected chi connectivity index (χ1v) is 7.64. The summed E-state index contributed by atoms with van der Waals surface area (Å²) in [5, 5.41) is 0.480. The predicted octanol–water partition coefficient (Wildman–Crippen LogP) is 5.07. The van der Waals surface area contributed by atoms with E-state index < -0.39 is 0 Å². The zero-order valence-corrected chi connectivity index (χ0v) is 13.4. The second-order valence-corrected chi connectivity index (χ2v) is 5.55. The normalized spacial score (nSPS) is 10.7. The Kier molecular flexibility index (Phi) is 4.94. The largest absolute Gasteiger partial charge is 0.232 e. The fourth-order valence-electron chi connectivity index (χ4n) is 1.88. The Balaban J connectivity index is 2.43. The van der Waals surface area contributed by atoms with Crippen molar-refractivity contribution in [2.45, 2.75) is 33.1 Å². The lowest BCUT2D eigenvalue weighted by Crippen LogP contribution is -1.98. The molecular weight excluding hydrogens is 324 g/mol. The van der Waals surface area contributed by atoms with E-state index in [1.165, 1.54) is 5.56 Å². The van der Waals surface area contributed by atoms with Gasteiger partial charge >= 0.3 is 0 Å². The average molecular weight is 340 g/mol. The highest BCUT2D eigenvalue weighted by Gasteiger charge is 2.11. The first-order valence-electron chi connectivity index (χ1n) is 6.47. The molecule has 0 aliphatic heterocycles. The summed E-state index contributed by atoms with van der Waals surface area (Å²) in [6, 6.07) is 8.31. The molecule has 0 aliphatic rings. The van der Waals surface area contributed by atoms with E-state index >= 15 is 0 Å². The van der Waals surface area contributed by atoms with Gasteiger partial charge in [0.25, 0.3) is 0 Å². The monoisotopic (exact) mass is 338 g/mol. The second-order valence-electron chi connectivity index (χ2n) is 4.40. The third-order valence-corrected chi connectivity index (χ3v) is 4.32. The summed E-state index contributed by atoms with van der Waals surface area (Å²) in [6.07, 6.45) is 2.95. The van der Waals surface area contributed by atoms with Gasteiger partial charge in [0.05, 0.1) is 10.2 Å². The van der Waals surface area contributed by atoms with E-state index in [-0.39, 0.29) is 0 Å². The highest BCUT2D eigenvalue weighted by atomic mass is 79.9. The maximum atomic E-state index is 6.17. The van der Waals surface area contributed by atoms with E-state index in [0.29, 0.717) is 11.0 Å². The van der Waals surface area contributed by atoms with Crippen LogP contribution < -0.4 is 0 Å². The third kappa shape index (κ3) is 3.34. The van der Waals surface area contributed by atoms with Crippen LogP contribution in [0.4, 0.5) is 0 Å². The van der Waals surface area contributed by atoms with Gasteiger partial charge in [-0.05, 0) is 34.3 Å². The van der Waals surface area contributed by atoms with E-state index in [1.807, 2.05) is 12.1 Å². The molecule has 0 spiro atoms. The van der Waals surface area contributed by atoms with Crippen LogP contribution in [0, 0.1) is 0 Å². The van der Waals surface area contributed by atoms with Gasteiger partial charge in [0.2, 0.25) is 0 Å². The van der Waals surface area contributed by atoms with Crippen molar-refractivity contribution in [2.75, 3.05) is 0 Å². The van der Waals surface area contributed by atoms with E-state index in [4.69, 9.17) is 11.6 Å². The van der Waals surface area contributed by atoms with E-state index in [1.54, 1.807) is 0 Å². The smallest absolute Gasteiger partial charge is 0.161 e. The average Bonchev–Trinajstić information content (AvgIpc) is 2.44. The molecule has 2 nitrogen and oxygen atoms in total. The van der Waals surface area contributed by atoms with Crippen LogP contribution in [-0.4, -0.2) is 9.97 Å². The molecule has 0 amide bonds. The fraction of sp³-hybridized carbons (Fsp3) is 0.333. The van der Waals surface area contributed by atoms with Crippen LogP contribution in [0.2, 0.25) is 5.15 Å². The van der Waals surface area contributed by atoms with Crippen LogP contribution in [0.15, 0.2) is 28.7 Å². The number of halogens is 2. The summed E-state index contributed by atoms with van der Waals surface area (Å²) in [5.74, 6) is 0.694. The fourth-order valence-corrected chi connectivity index (χ4v) is 2.45. The maximum absolute atomic E-state index is 6.17. The van der Waals surface area contributed by atoms with Crippen LogP contribution in [0.25, 0.3) is 11.4 Å². The molecule has 1 aromatic carbocycles. The Hall–Kier alpha value is -0.930. The minimum absolute atomic E-state index is 0.480. The second kappa shape index (κ2) is 6.49. The molecule has 0 fully saturated rings. The summed E-state index contributed by atoms with van der Waals surface area (Å²) in [4.78, 5) is 8.95. The van der Waals surface area contributed by atoms with Crippen molar-refractivity contribution in [2.24, 2.45) is 0 Å². The SMILES string of the molecule is CCCc1nc(-c2ccc(CC)cc2)nc(Cl)c1Br. The van der Waals surface area contributed by atoms with E-state index in [2.05, 4.69) is 51.9 Å². The first-order chi connectivity index (χ1) is 9.15. The molecule has 1 heterocycles. The Morgan fingerprint density at radius 1 is 1.11 bits per heavy atom. The highest BCUT2D eigenvalue weighted by molar-refractivity contribution is 9.10. The molecule has 0 radical (unpaired) electrons. The number of nitrogens with zero attached hydrogens (tertiary/aromatic N) is 2. The first kappa shape index (κ1) is 14.5. The zero-order chi connectivity index (χ0) is 13.8. The number of hydrogen-bond donors (Lipinski definition) is 0. The van der Waals surface area contributed by atoms with Gasteiger partial charge in [0, 0.05) is 5.56 Å². The van der Waals surface area contributed by atoms with Crippen LogP contribution >= 0.6 is 27.5 Å². The highest BCUT2D eigenvalue weighted by Crippen LogP contribution is 2.27. The van der Waals surface area contributed by atoms with Crippen molar-refractivity contribution >= 4 is 27.5 Å². The Morgan fingerprint density at radius 2 is 1.79 bits per heavy atom. The molecule has 1 aromatic heterocycles. The lowest BCUT2D eigenvalue weighted by molar-refractivity contribution is 0.868. The van der Waals surface area contributed by atoms with Gasteiger partial charge < -0.3 is 0 Å². The Bertz CT molecular complexity index is 567. The van der Waals surface area contributed by atoms with Crippen molar-refractivity contribution in [1.82, 2.24) is 9.97 Å². The number of benzene rings is 1. The number of aromatic nitrogens is 2. The lowest BCUT2D eigenvalue weighted by Gasteiger charge is -2.08. The molecule has 0 atom stereocenters. The van der Waals surface area contributed by atoms with E-state index in [9.17, 15) is 0 Å². The predicted molar refractivity (Wildman–Crippen MR) is 83.6 cm³/mol. The quantitative estimate of drug-likeness (QED) is 0.726. The van der Waals surface area contributed by atoms with Crippen molar-refractivity contribution in [3.8, 4) is 11.4 Å². The summed E-state index contributed by atoms with van der Waals surface area (Å²) in [5.41, 5.74) is 3.28. The minimum Gasteiger partial charge on any atom is -0.232 e. The molecule has 19 heavy (non-hydrogen) atoms. The van der Waals surface area contributed by atoms with Gasteiger partial charge in [-0.1, -0.05) is 56.1 Å². The van der Waals surface area contributed by atoms with Crippen LogP contribution in [0.3, 0.4) is 0 Å². The van der Waals surface area contributed by atoms with Gasteiger partial charge in [0.15, 0.2) is 5.82 Å². The topological polar surface area (TPSA) is 25.8 Å². The zero-order valence-electron chi connectivity index (χ0n) is 11.1. The molecule has 0 saturated carbocycles. The molecule has 0 N–H and O–H groups in total. The summed E-state index contributed by atoms with van der Waals surface area (Å²) in [6.45, 7) is 4.26. The molecule has 0 aliphatic carbocycles. The Morgan fingerprint density at radius 3 is 2.37 bits per heavy atom. The maximum Gasteiger partial charge on any atom is 0.161 e. The lowest BCUT2D eigenvalue weighted by atomic mass is 10.1. The molecular formula is C15H16BrClN2. The minimum atomic E-state index is 0.480. The number of aryl methyl sites for hydroxylation is 2. The summed E-state index contributed by atoms with van der Waals surface area (Å²) in [7, 11) is 0. The van der Waals surface area contributed by atoms with Crippen molar-refractivity contribution in [1.29, 1.82) is 0 Å². The van der Waals surface area contributed by atoms with Gasteiger partial charge in [-0.15, -0.1) is 0 Å². The van der Waals surface area contributed by atoms with Gasteiger partial charge in [-0.2, -0.15) is 0 Å². The van der Waals surface area contributed by atoms with E-state index in [0.717, 1.165) is 35.0 Å². The summed E-state index contributed by atoms with van der Waals surface area (Å²) >= 11 is 9.62. The number of rotatable bonds is 4. The third-order valence-electron chi connectivity index (χ3n) is 2.99. The van der Waals surface area contributed by atoms with Gasteiger partial charge in [-0.3, -0.25) is 0 Å². The van der Waals surface area contributed by atoms with Crippen molar-refractivity contribution in [3.05, 3.63) is 45.1 Å². The summed E-state index contributed by atoms with van der Waals surface area (Å²) < 4.78 is 0.810. The van der Waals surface area contributed by atoms with Crippen molar-refractivity contribution < 1.29 is 0 Å². The molecule has 4 heteroatoms. The van der Waals surface area contributed by atoms with Gasteiger partial charge in [-0.25, -0.2) is 9.97 Å². The van der Waals surface area contributed by atoms with Crippen LogP contribution in [0.1, 0.15) is 31.5 Å².